The Kier molecular flexibility index (Phi) is 3.56. The molecule has 2 aromatic heterocycles. The summed E-state index contributed by atoms with van der Waals surface area (Å²) in [6, 6.07) is 3.93. The molecule has 0 atom stereocenters. The van der Waals surface area contributed by atoms with Crippen molar-refractivity contribution in [3.05, 3.63) is 30.2 Å². The van der Waals surface area contributed by atoms with Crippen molar-refractivity contribution in [1.29, 1.82) is 0 Å². The summed E-state index contributed by atoms with van der Waals surface area (Å²) in [4.78, 5) is 18.4. The maximum atomic E-state index is 11.9. The van der Waals surface area contributed by atoms with Crippen LogP contribution in [-0.2, 0) is 9.47 Å². The van der Waals surface area contributed by atoms with E-state index in [4.69, 9.17) is 9.47 Å². The summed E-state index contributed by atoms with van der Waals surface area (Å²) >= 11 is 0. The molecule has 0 aromatic carbocycles. The molecule has 0 aliphatic carbocycles. The summed E-state index contributed by atoms with van der Waals surface area (Å²) in [5.74, 6) is -0.348. The zero-order chi connectivity index (χ0) is 13.9. The van der Waals surface area contributed by atoms with E-state index in [-0.39, 0.29) is 5.97 Å². The van der Waals surface area contributed by atoms with Crippen molar-refractivity contribution in [2.45, 2.75) is 6.92 Å². The van der Waals surface area contributed by atoms with E-state index < -0.39 is 0 Å². The molecule has 6 nitrogen and oxygen atoms in total. The van der Waals surface area contributed by atoms with Crippen LogP contribution in [0.25, 0.3) is 5.65 Å². The minimum Gasteiger partial charge on any atom is -0.461 e. The molecule has 20 heavy (non-hydrogen) atoms. The third-order valence-electron chi connectivity index (χ3n) is 3.35. The zero-order valence-electron chi connectivity index (χ0n) is 11.4. The Balaban J connectivity index is 1.96. The van der Waals surface area contributed by atoms with Gasteiger partial charge in [-0.1, -0.05) is 0 Å². The molecular weight excluding hydrogens is 258 g/mol. The molecule has 1 aliphatic heterocycles. The average Bonchev–Trinajstić information content (AvgIpc) is 2.91. The summed E-state index contributed by atoms with van der Waals surface area (Å²) in [5, 5.41) is 0. The minimum atomic E-state index is -0.348. The monoisotopic (exact) mass is 275 g/mol. The molecule has 0 bridgehead atoms. The number of hydrogen-bond donors (Lipinski definition) is 0. The van der Waals surface area contributed by atoms with Crippen LogP contribution in [0.1, 0.15) is 17.4 Å². The number of fused-ring (bicyclic) bond motifs is 1. The fourth-order valence-electron chi connectivity index (χ4n) is 2.33. The molecule has 0 saturated carbocycles. The second-order valence-electron chi connectivity index (χ2n) is 4.58. The highest BCUT2D eigenvalue weighted by atomic mass is 16.5. The number of morpholine rings is 1. The average molecular weight is 275 g/mol. The number of imidazole rings is 1. The third-order valence-corrected chi connectivity index (χ3v) is 3.35. The standard InChI is InChI=1S/C14H17N3O3/c1-2-20-14(18)12-9-15-13-4-3-11(10-17(12)13)16-5-7-19-8-6-16/h3-4,9-10H,2,5-8H2,1H3. The predicted octanol–water partition coefficient (Wildman–Crippen LogP) is 1.35. The number of aromatic nitrogens is 2. The van der Waals surface area contributed by atoms with Crippen LogP contribution in [0.4, 0.5) is 5.69 Å². The fraction of sp³-hybridized carbons (Fsp3) is 0.429. The van der Waals surface area contributed by atoms with Gasteiger partial charge in [-0.25, -0.2) is 9.78 Å². The number of ether oxygens (including phenoxy) is 2. The first-order chi connectivity index (χ1) is 9.79. The van der Waals surface area contributed by atoms with Crippen molar-refractivity contribution < 1.29 is 14.3 Å². The summed E-state index contributed by atoms with van der Waals surface area (Å²) in [6.07, 6.45) is 3.48. The Morgan fingerprint density at radius 2 is 2.20 bits per heavy atom. The molecular formula is C14H17N3O3. The molecule has 0 spiro atoms. The summed E-state index contributed by atoms with van der Waals surface area (Å²) in [6.45, 7) is 5.32. The van der Waals surface area contributed by atoms with Crippen LogP contribution in [0.3, 0.4) is 0 Å². The van der Waals surface area contributed by atoms with Gasteiger partial charge in [0.25, 0.3) is 0 Å². The van der Waals surface area contributed by atoms with Gasteiger partial charge < -0.3 is 14.4 Å². The van der Waals surface area contributed by atoms with Gasteiger partial charge in [0, 0.05) is 19.3 Å². The van der Waals surface area contributed by atoms with Gasteiger partial charge in [-0.2, -0.15) is 0 Å². The van der Waals surface area contributed by atoms with Gasteiger partial charge in [0.15, 0.2) is 5.69 Å². The number of esters is 1. The number of pyridine rings is 1. The Hall–Kier alpha value is -2.08. The predicted molar refractivity (Wildman–Crippen MR) is 74.2 cm³/mol. The van der Waals surface area contributed by atoms with E-state index in [9.17, 15) is 4.79 Å². The van der Waals surface area contributed by atoms with Crippen molar-refractivity contribution in [2.75, 3.05) is 37.8 Å². The van der Waals surface area contributed by atoms with Crippen molar-refractivity contribution in [3.63, 3.8) is 0 Å². The highest BCUT2D eigenvalue weighted by Crippen LogP contribution is 2.18. The number of hydrogen-bond acceptors (Lipinski definition) is 5. The van der Waals surface area contributed by atoms with Crippen molar-refractivity contribution >= 4 is 17.3 Å². The van der Waals surface area contributed by atoms with Gasteiger partial charge in [0.1, 0.15) is 5.65 Å². The minimum absolute atomic E-state index is 0.348. The summed E-state index contributed by atoms with van der Waals surface area (Å²) in [7, 11) is 0. The Morgan fingerprint density at radius 1 is 1.40 bits per heavy atom. The SMILES string of the molecule is CCOC(=O)c1cnc2ccc(N3CCOCC3)cn12. The molecule has 6 heteroatoms. The second-order valence-corrected chi connectivity index (χ2v) is 4.58. The van der Waals surface area contributed by atoms with Gasteiger partial charge in [-0.05, 0) is 19.1 Å². The Morgan fingerprint density at radius 3 is 2.95 bits per heavy atom. The van der Waals surface area contributed by atoms with Crippen molar-refractivity contribution in [1.82, 2.24) is 9.38 Å². The lowest BCUT2D eigenvalue weighted by Crippen LogP contribution is -2.36. The molecule has 106 valence electrons. The smallest absolute Gasteiger partial charge is 0.356 e. The third kappa shape index (κ3) is 2.34. The molecule has 0 amide bonds. The topological polar surface area (TPSA) is 56.1 Å². The summed E-state index contributed by atoms with van der Waals surface area (Å²) in [5.41, 5.74) is 2.26. The van der Waals surface area contributed by atoms with Gasteiger partial charge in [-0.3, -0.25) is 4.40 Å². The fourth-order valence-corrected chi connectivity index (χ4v) is 2.33. The number of carbonyl (C=O) groups is 1. The molecule has 0 unspecified atom stereocenters. The normalized spacial score (nSPS) is 15.6. The van der Waals surface area contributed by atoms with E-state index in [1.54, 1.807) is 17.5 Å². The van der Waals surface area contributed by atoms with Crippen LogP contribution in [-0.4, -0.2) is 48.3 Å². The number of nitrogens with zero attached hydrogens (tertiary/aromatic N) is 3. The summed E-state index contributed by atoms with van der Waals surface area (Å²) < 4.78 is 12.2. The maximum Gasteiger partial charge on any atom is 0.356 e. The molecule has 0 radical (unpaired) electrons. The first-order valence-electron chi connectivity index (χ1n) is 6.76. The maximum absolute atomic E-state index is 11.9. The molecule has 3 heterocycles. The highest BCUT2D eigenvalue weighted by molar-refractivity contribution is 5.88. The van der Waals surface area contributed by atoms with E-state index in [2.05, 4.69) is 9.88 Å². The van der Waals surface area contributed by atoms with Crippen LogP contribution in [0, 0.1) is 0 Å². The number of anilines is 1. The largest absolute Gasteiger partial charge is 0.461 e. The highest BCUT2D eigenvalue weighted by Gasteiger charge is 2.16. The van der Waals surface area contributed by atoms with E-state index >= 15 is 0 Å². The second kappa shape index (κ2) is 5.50. The lowest BCUT2D eigenvalue weighted by Gasteiger charge is -2.28. The van der Waals surface area contributed by atoms with Gasteiger partial charge >= 0.3 is 5.97 Å². The first kappa shape index (κ1) is 12.9. The van der Waals surface area contributed by atoms with Crippen LogP contribution < -0.4 is 4.90 Å². The molecule has 1 aliphatic rings. The molecule has 1 saturated heterocycles. The van der Waals surface area contributed by atoms with Crippen LogP contribution in [0.5, 0.6) is 0 Å². The number of carbonyl (C=O) groups excluding carboxylic acids is 1. The van der Waals surface area contributed by atoms with Gasteiger partial charge in [0.05, 0.1) is 31.7 Å². The Labute approximate surface area is 116 Å². The lowest BCUT2D eigenvalue weighted by molar-refractivity contribution is 0.0518. The molecule has 1 fully saturated rings. The van der Waals surface area contributed by atoms with E-state index in [0.717, 1.165) is 37.6 Å². The van der Waals surface area contributed by atoms with Crippen LogP contribution in [0.15, 0.2) is 24.5 Å². The van der Waals surface area contributed by atoms with E-state index in [1.807, 2.05) is 18.3 Å². The van der Waals surface area contributed by atoms with Crippen LogP contribution >= 0.6 is 0 Å². The Bertz CT molecular complexity index is 617. The van der Waals surface area contributed by atoms with Gasteiger partial charge in [-0.15, -0.1) is 0 Å². The molecule has 0 N–H and O–H groups in total. The lowest BCUT2D eigenvalue weighted by atomic mass is 10.3. The van der Waals surface area contributed by atoms with E-state index in [1.165, 1.54) is 0 Å². The van der Waals surface area contributed by atoms with Crippen molar-refractivity contribution in [2.24, 2.45) is 0 Å². The quantitative estimate of drug-likeness (QED) is 0.791. The first-order valence-corrected chi connectivity index (χ1v) is 6.76. The van der Waals surface area contributed by atoms with Crippen LogP contribution in [0.2, 0.25) is 0 Å². The number of rotatable bonds is 3. The zero-order valence-corrected chi connectivity index (χ0v) is 11.4. The molecule has 3 rings (SSSR count). The molecule has 2 aromatic rings. The van der Waals surface area contributed by atoms with E-state index in [0.29, 0.717) is 12.3 Å². The van der Waals surface area contributed by atoms with Crippen molar-refractivity contribution in [3.8, 4) is 0 Å². The van der Waals surface area contributed by atoms with Gasteiger partial charge in [0.2, 0.25) is 0 Å².